The minimum Gasteiger partial charge on any atom is -0.289 e. The van der Waals surface area contributed by atoms with Crippen LogP contribution in [0, 0.1) is 0 Å². The van der Waals surface area contributed by atoms with Crippen LogP contribution in [-0.4, -0.2) is 23.9 Å². The summed E-state index contributed by atoms with van der Waals surface area (Å²) in [5.74, 6) is -0.120. The van der Waals surface area contributed by atoms with Crippen LogP contribution in [0.5, 0.6) is 0 Å². The zero-order valence-electron chi connectivity index (χ0n) is 9.47. The Kier molecular flexibility index (Phi) is 2.57. The number of carbonyl (C=O) groups is 1. The second-order valence-electron chi connectivity index (χ2n) is 4.45. The summed E-state index contributed by atoms with van der Waals surface area (Å²) < 4.78 is 0. The molecule has 1 aromatic carbocycles. The van der Waals surface area contributed by atoms with Gasteiger partial charge in [0.15, 0.2) is 0 Å². The highest BCUT2D eigenvalue weighted by Gasteiger charge is 2.26. The average Bonchev–Trinajstić information content (AvgIpc) is 2.71. The summed E-state index contributed by atoms with van der Waals surface area (Å²) in [4.78, 5) is 13.4. The van der Waals surface area contributed by atoms with Crippen LogP contribution >= 0.6 is 0 Å². The molecule has 0 N–H and O–H groups in total. The van der Waals surface area contributed by atoms with Crippen LogP contribution < -0.4 is 0 Å². The third-order valence-electron chi connectivity index (χ3n) is 3.09. The van der Waals surface area contributed by atoms with Crippen molar-refractivity contribution >= 4 is 5.91 Å². The van der Waals surface area contributed by atoms with Crippen LogP contribution in [0.15, 0.2) is 51.8 Å². The number of rotatable bonds is 2. The number of nitrogens with zero attached hydrogens (tertiary/aromatic N) is 3. The molecule has 0 unspecified atom stereocenters. The van der Waals surface area contributed by atoms with Gasteiger partial charge in [-0.25, -0.2) is 0 Å². The van der Waals surface area contributed by atoms with Gasteiger partial charge in [0, 0.05) is 19.6 Å². The second-order valence-corrected chi connectivity index (χ2v) is 4.45. The molecule has 0 bridgehead atoms. The molecule has 86 valence electrons. The summed E-state index contributed by atoms with van der Waals surface area (Å²) in [6, 6.07) is 10.3. The van der Waals surface area contributed by atoms with Crippen molar-refractivity contribution in [3.05, 3.63) is 47.2 Å². The SMILES string of the molecule is O=C1CC2=C(CN(Cc3ccccc3)C2)N=N1. The van der Waals surface area contributed by atoms with Crippen LogP contribution in [0.1, 0.15) is 12.0 Å². The van der Waals surface area contributed by atoms with Crippen LogP contribution in [0.4, 0.5) is 0 Å². The van der Waals surface area contributed by atoms with Crippen molar-refractivity contribution in [3.63, 3.8) is 0 Å². The van der Waals surface area contributed by atoms with Gasteiger partial charge in [-0.3, -0.25) is 9.69 Å². The average molecular weight is 227 g/mol. The summed E-state index contributed by atoms with van der Waals surface area (Å²) >= 11 is 0. The first-order valence-electron chi connectivity index (χ1n) is 5.73. The van der Waals surface area contributed by atoms with E-state index in [4.69, 9.17) is 0 Å². The Morgan fingerprint density at radius 1 is 1.12 bits per heavy atom. The van der Waals surface area contributed by atoms with E-state index in [1.54, 1.807) is 0 Å². The Hall–Kier alpha value is -1.81. The van der Waals surface area contributed by atoms with Crippen molar-refractivity contribution in [2.75, 3.05) is 13.1 Å². The van der Waals surface area contributed by atoms with Gasteiger partial charge in [-0.05, 0) is 11.1 Å². The molecule has 2 aliphatic rings. The third-order valence-corrected chi connectivity index (χ3v) is 3.09. The maximum absolute atomic E-state index is 11.2. The van der Waals surface area contributed by atoms with Gasteiger partial charge in [-0.1, -0.05) is 30.3 Å². The van der Waals surface area contributed by atoms with E-state index in [-0.39, 0.29) is 5.91 Å². The molecule has 2 heterocycles. The minimum atomic E-state index is -0.120. The fourth-order valence-corrected chi connectivity index (χ4v) is 2.29. The Balaban J connectivity index is 1.67. The van der Waals surface area contributed by atoms with Crippen molar-refractivity contribution in [1.82, 2.24) is 4.90 Å². The molecule has 4 nitrogen and oxygen atoms in total. The molecule has 4 heteroatoms. The molecule has 0 saturated carbocycles. The van der Waals surface area contributed by atoms with Gasteiger partial charge in [0.2, 0.25) is 0 Å². The van der Waals surface area contributed by atoms with E-state index < -0.39 is 0 Å². The zero-order valence-corrected chi connectivity index (χ0v) is 9.47. The number of hydrogen-bond donors (Lipinski definition) is 0. The van der Waals surface area contributed by atoms with Gasteiger partial charge in [-0.15, -0.1) is 5.11 Å². The van der Waals surface area contributed by atoms with E-state index in [0.717, 1.165) is 30.9 Å². The Morgan fingerprint density at radius 3 is 2.76 bits per heavy atom. The van der Waals surface area contributed by atoms with E-state index in [0.29, 0.717) is 6.42 Å². The molecule has 0 fully saturated rings. The molecular weight excluding hydrogens is 214 g/mol. The van der Waals surface area contributed by atoms with E-state index in [9.17, 15) is 4.79 Å². The van der Waals surface area contributed by atoms with E-state index >= 15 is 0 Å². The third kappa shape index (κ3) is 2.17. The topological polar surface area (TPSA) is 45.0 Å². The molecule has 3 rings (SSSR count). The van der Waals surface area contributed by atoms with Crippen molar-refractivity contribution < 1.29 is 4.79 Å². The highest BCUT2D eigenvalue weighted by molar-refractivity contribution is 5.80. The first-order valence-corrected chi connectivity index (χ1v) is 5.73. The lowest BCUT2D eigenvalue weighted by Crippen LogP contribution is -2.20. The van der Waals surface area contributed by atoms with Crippen molar-refractivity contribution in [1.29, 1.82) is 0 Å². The Bertz CT molecular complexity index is 505. The number of benzene rings is 1. The fraction of sp³-hybridized carbons (Fsp3) is 0.308. The molecule has 17 heavy (non-hydrogen) atoms. The first-order chi connectivity index (χ1) is 8.31. The van der Waals surface area contributed by atoms with Gasteiger partial charge in [-0.2, -0.15) is 5.11 Å². The van der Waals surface area contributed by atoms with Gasteiger partial charge in [0.05, 0.1) is 12.1 Å². The number of carbonyl (C=O) groups excluding carboxylic acids is 1. The Morgan fingerprint density at radius 2 is 1.94 bits per heavy atom. The van der Waals surface area contributed by atoms with Crippen LogP contribution in [-0.2, 0) is 11.3 Å². The fourth-order valence-electron chi connectivity index (χ4n) is 2.29. The number of azo groups is 1. The normalized spacial score (nSPS) is 19.9. The minimum absolute atomic E-state index is 0.120. The summed E-state index contributed by atoms with van der Waals surface area (Å²) in [7, 11) is 0. The second kappa shape index (κ2) is 4.22. The van der Waals surface area contributed by atoms with Crippen LogP contribution in [0.2, 0.25) is 0 Å². The van der Waals surface area contributed by atoms with Gasteiger partial charge >= 0.3 is 0 Å². The highest BCUT2D eigenvalue weighted by Crippen LogP contribution is 2.26. The summed E-state index contributed by atoms with van der Waals surface area (Å²) in [5, 5.41) is 7.59. The smallest absolute Gasteiger partial charge is 0.268 e. The predicted molar refractivity (Wildman–Crippen MR) is 63.2 cm³/mol. The standard InChI is InChI=1S/C13H13N3O/c17-13-6-11-8-16(9-12(11)14-15-13)7-10-4-2-1-3-5-10/h1-5H,6-9H2. The van der Waals surface area contributed by atoms with Crippen molar-refractivity contribution in [3.8, 4) is 0 Å². The van der Waals surface area contributed by atoms with E-state index in [1.165, 1.54) is 5.56 Å². The highest BCUT2D eigenvalue weighted by atomic mass is 16.1. The van der Waals surface area contributed by atoms with E-state index in [2.05, 4.69) is 27.3 Å². The van der Waals surface area contributed by atoms with Crippen LogP contribution in [0.3, 0.4) is 0 Å². The zero-order chi connectivity index (χ0) is 11.7. The summed E-state index contributed by atoms with van der Waals surface area (Å²) in [6.45, 7) is 2.55. The monoisotopic (exact) mass is 227 g/mol. The van der Waals surface area contributed by atoms with Gasteiger partial charge < -0.3 is 0 Å². The lowest BCUT2D eigenvalue weighted by Gasteiger charge is -2.15. The summed E-state index contributed by atoms with van der Waals surface area (Å²) in [5.41, 5.74) is 3.41. The summed E-state index contributed by atoms with van der Waals surface area (Å²) in [6.07, 6.45) is 0.449. The first kappa shape index (κ1) is 10.4. The van der Waals surface area contributed by atoms with Gasteiger partial charge in [0.25, 0.3) is 5.91 Å². The van der Waals surface area contributed by atoms with Crippen molar-refractivity contribution in [2.24, 2.45) is 10.2 Å². The lowest BCUT2D eigenvalue weighted by atomic mass is 10.1. The van der Waals surface area contributed by atoms with Crippen LogP contribution in [0.25, 0.3) is 0 Å². The van der Waals surface area contributed by atoms with Crippen molar-refractivity contribution in [2.45, 2.75) is 13.0 Å². The Labute approximate surface area is 99.7 Å². The molecule has 0 aromatic heterocycles. The molecule has 1 amide bonds. The number of hydrogen-bond acceptors (Lipinski definition) is 3. The number of amides is 1. The molecule has 0 aliphatic carbocycles. The molecule has 1 aromatic rings. The lowest BCUT2D eigenvalue weighted by molar-refractivity contribution is -0.117. The largest absolute Gasteiger partial charge is 0.289 e. The maximum atomic E-state index is 11.2. The molecular formula is C13H13N3O. The molecule has 0 atom stereocenters. The molecule has 2 aliphatic heterocycles. The van der Waals surface area contributed by atoms with E-state index in [1.807, 2.05) is 18.2 Å². The van der Waals surface area contributed by atoms with Gasteiger partial charge in [0.1, 0.15) is 0 Å². The maximum Gasteiger partial charge on any atom is 0.268 e. The molecule has 0 spiro atoms. The quantitative estimate of drug-likeness (QED) is 0.777. The predicted octanol–water partition coefficient (Wildman–Crippen LogP) is 2.14. The molecule has 0 saturated heterocycles. The molecule has 0 radical (unpaired) electrons.